The second-order valence-corrected chi connectivity index (χ2v) is 20.0. The number of unbranched alkanes of at least 4 members (excludes halogenated alkanes) is 30. The van der Waals surface area contributed by atoms with E-state index < -0.39 is 0 Å². The topological polar surface area (TPSA) is 79.0 Å². The molecule has 0 aliphatic carbocycles. The van der Waals surface area contributed by atoms with Crippen molar-refractivity contribution in [2.24, 2.45) is 0 Å². The van der Waals surface area contributed by atoms with Crippen molar-refractivity contribution in [3.63, 3.8) is 0 Å². The molecule has 0 atom stereocenters. The molecule has 2 saturated heterocycles. The summed E-state index contributed by atoms with van der Waals surface area (Å²) in [5.41, 5.74) is 0.166. The molecule has 2 fully saturated rings. The van der Waals surface area contributed by atoms with Crippen molar-refractivity contribution >= 4 is 11.4 Å². The number of hydrogen-bond donors (Lipinski definition) is 0. The van der Waals surface area contributed by atoms with Crippen molar-refractivity contribution in [1.82, 2.24) is 19.6 Å². The highest BCUT2D eigenvalue weighted by molar-refractivity contribution is 5.72. The van der Waals surface area contributed by atoms with E-state index in [1.54, 1.807) is 0 Å². The first-order valence-corrected chi connectivity index (χ1v) is 28.4. The Kier molecular flexibility index (Phi) is 36.2. The van der Waals surface area contributed by atoms with Gasteiger partial charge in [-0.25, -0.2) is 0 Å². The van der Waals surface area contributed by atoms with Crippen LogP contribution in [0.1, 0.15) is 219 Å². The van der Waals surface area contributed by atoms with Gasteiger partial charge in [-0.3, -0.25) is 9.80 Å². The highest BCUT2D eigenvalue weighted by Gasteiger charge is 2.26. The van der Waals surface area contributed by atoms with Crippen LogP contribution in [0.4, 0.5) is 0 Å². The maximum absolute atomic E-state index is 9.46. The van der Waals surface area contributed by atoms with Gasteiger partial charge in [0.25, 0.3) is 0 Å². The standard InChI is InChI=1S/C58H102N6O2/c1-3-5-7-9-11-13-15-17-19-21-23-25-27-29-31-33-49-65-51-47-61-39-43-63(44-40-61)58(56-37-35-55(36-38-56)57(53-59)54-60)64-45-41-62(42-46-64)48-52-66-50-34-32-30-28-26-24-22-20-18-16-14-12-10-8-6-4-2/h35-38H,3-34,39-52H2,1-2H3. The number of ether oxygens (including phenoxy) is 2. The minimum Gasteiger partial charge on any atom is -0.380 e. The van der Waals surface area contributed by atoms with Crippen LogP contribution in [0.25, 0.3) is 11.4 Å². The Morgan fingerprint density at radius 1 is 0.379 bits per heavy atom. The van der Waals surface area contributed by atoms with E-state index in [2.05, 4.69) is 57.7 Å². The summed E-state index contributed by atoms with van der Waals surface area (Å²) in [5.74, 6) is 1.29. The monoisotopic (exact) mass is 915 g/mol. The van der Waals surface area contributed by atoms with Gasteiger partial charge in [-0.05, 0) is 12.8 Å². The van der Waals surface area contributed by atoms with Crippen molar-refractivity contribution in [2.75, 3.05) is 91.9 Å². The van der Waals surface area contributed by atoms with Gasteiger partial charge in [0.1, 0.15) is 23.5 Å². The normalized spacial score (nSPS) is 14.7. The molecular weight excluding hydrogens is 813 g/mol. The zero-order chi connectivity index (χ0) is 46.8. The summed E-state index contributed by atoms with van der Waals surface area (Å²) in [6.07, 6.45) is 44.7. The first kappa shape index (κ1) is 57.7. The summed E-state index contributed by atoms with van der Waals surface area (Å²) in [7, 11) is 0. The quantitative estimate of drug-likeness (QED) is 0.0600. The van der Waals surface area contributed by atoms with Crippen LogP contribution in [-0.2, 0) is 9.47 Å². The van der Waals surface area contributed by atoms with E-state index in [0.717, 1.165) is 91.9 Å². The van der Waals surface area contributed by atoms with E-state index in [4.69, 9.17) is 9.47 Å². The minimum absolute atomic E-state index is 0.166. The van der Waals surface area contributed by atoms with Gasteiger partial charge in [-0.15, -0.1) is 0 Å². The zero-order valence-electron chi connectivity index (χ0n) is 43.3. The molecule has 8 nitrogen and oxygen atoms in total. The van der Waals surface area contributed by atoms with Gasteiger partial charge in [0.15, 0.2) is 0 Å². The average Bonchev–Trinajstić information content (AvgIpc) is 3.34. The third kappa shape index (κ3) is 28.0. The third-order valence-electron chi connectivity index (χ3n) is 14.4. The van der Waals surface area contributed by atoms with Crippen LogP contribution in [0, 0.1) is 22.7 Å². The summed E-state index contributed by atoms with van der Waals surface area (Å²) < 4.78 is 12.2. The van der Waals surface area contributed by atoms with Gasteiger partial charge < -0.3 is 19.3 Å². The zero-order valence-corrected chi connectivity index (χ0v) is 43.3. The Hall–Kier alpha value is -2.62. The van der Waals surface area contributed by atoms with Crippen LogP contribution < -0.4 is 10.4 Å². The van der Waals surface area contributed by atoms with Crippen LogP contribution in [0.5, 0.6) is 0 Å². The lowest BCUT2D eigenvalue weighted by atomic mass is 10.0. The predicted molar refractivity (Wildman–Crippen MR) is 280 cm³/mol. The number of nitriles is 2. The van der Waals surface area contributed by atoms with Gasteiger partial charge in [-0.2, -0.15) is 10.5 Å². The summed E-state index contributed by atoms with van der Waals surface area (Å²) in [6, 6.07) is 12.2. The van der Waals surface area contributed by atoms with E-state index in [1.807, 2.05) is 12.1 Å². The van der Waals surface area contributed by atoms with Crippen LogP contribution >= 0.6 is 0 Å². The average molecular weight is 915 g/mol. The Labute approximate surface area is 407 Å². The third-order valence-corrected chi connectivity index (χ3v) is 14.4. The first-order valence-electron chi connectivity index (χ1n) is 28.4. The summed E-state index contributed by atoms with van der Waals surface area (Å²) in [6.45, 7) is 18.1. The molecule has 0 unspecified atom stereocenters. The number of benzene rings is 1. The number of hydrogen-bond acceptors (Lipinski definition) is 8. The highest BCUT2D eigenvalue weighted by Crippen LogP contribution is 2.19. The molecule has 0 saturated carbocycles. The molecule has 0 aromatic heterocycles. The Bertz CT molecular complexity index is 1380. The van der Waals surface area contributed by atoms with Crippen LogP contribution in [-0.4, -0.2) is 111 Å². The summed E-state index contributed by atoms with van der Waals surface area (Å²) in [5, 5.41) is 20.8. The summed E-state index contributed by atoms with van der Waals surface area (Å²) in [4.78, 5) is 10.3. The fourth-order valence-electron chi connectivity index (χ4n) is 9.97. The van der Waals surface area contributed by atoms with Gasteiger partial charge in [0.2, 0.25) is 0 Å². The van der Waals surface area contributed by atoms with Gasteiger partial charge >= 0.3 is 0 Å². The highest BCUT2D eigenvalue weighted by atomic mass is 16.5. The maximum atomic E-state index is 9.46. The lowest BCUT2D eigenvalue weighted by Crippen LogP contribution is -2.54. The minimum atomic E-state index is 0.166. The summed E-state index contributed by atoms with van der Waals surface area (Å²) >= 11 is 0. The van der Waals surface area contributed by atoms with Crippen LogP contribution in [0.15, 0.2) is 24.3 Å². The Morgan fingerprint density at radius 3 is 0.939 bits per heavy atom. The molecule has 0 spiro atoms. The molecule has 1 aromatic carbocycles. The lowest BCUT2D eigenvalue weighted by molar-refractivity contribution is 0.0706. The molecule has 3 rings (SSSR count). The Balaban J connectivity index is 1.24. The van der Waals surface area contributed by atoms with Crippen LogP contribution in [0.3, 0.4) is 0 Å². The van der Waals surface area contributed by atoms with Crippen molar-refractivity contribution in [2.45, 2.75) is 219 Å². The molecule has 8 heteroatoms. The molecule has 0 N–H and O–H groups in total. The second kappa shape index (κ2) is 41.4. The van der Waals surface area contributed by atoms with Gasteiger partial charge in [0.05, 0.1) is 13.2 Å². The Morgan fingerprint density at radius 2 is 0.652 bits per heavy atom. The molecule has 376 valence electrons. The number of nitrogens with zero attached hydrogens (tertiary/aromatic N) is 6. The molecule has 1 aromatic rings. The molecule has 2 aliphatic heterocycles. The van der Waals surface area contributed by atoms with Crippen molar-refractivity contribution in [1.29, 1.82) is 10.5 Å². The largest absolute Gasteiger partial charge is 0.380 e. The van der Waals surface area contributed by atoms with E-state index >= 15 is 0 Å². The van der Waals surface area contributed by atoms with E-state index in [-0.39, 0.29) is 5.57 Å². The molecule has 0 radical (unpaired) electrons. The number of piperazine rings is 2. The van der Waals surface area contributed by atoms with E-state index in [9.17, 15) is 10.5 Å². The van der Waals surface area contributed by atoms with Crippen molar-refractivity contribution < 1.29 is 9.47 Å². The smallest absolute Gasteiger partial charge is 0.136 e. The second-order valence-electron chi connectivity index (χ2n) is 20.0. The van der Waals surface area contributed by atoms with E-state index in [0.29, 0.717) is 5.22 Å². The predicted octanol–water partition coefficient (Wildman–Crippen LogP) is 12.7. The van der Waals surface area contributed by atoms with Crippen molar-refractivity contribution in [3.8, 4) is 12.1 Å². The molecular formula is C58H102N6O2. The molecule has 2 heterocycles. The molecule has 66 heavy (non-hydrogen) atoms. The van der Waals surface area contributed by atoms with Gasteiger partial charge in [0, 0.05) is 89.1 Å². The van der Waals surface area contributed by atoms with Gasteiger partial charge in [-0.1, -0.05) is 231 Å². The van der Waals surface area contributed by atoms with E-state index in [1.165, 1.54) is 217 Å². The lowest BCUT2D eigenvalue weighted by Gasteiger charge is -2.44. The molecule has 0 amide bonds. The molecule has 2 aliphatic rings. The SMILES string of the molecule is CCCCCCCCCCCCCCCCCCOCCN1CCN(C(=c2ccc(=C(C#N)C#N)cc2)N2CCN(CCOCCCCCCCCCCCCCCCCCC)CC2)CC1. The molecule has 0 bridgehead atoms. The van der Waals surface area contributed by atoms with Crippen LogP contribution in [0.2, 0.25) is 0 Å². The number of rotatable bonds is 42. The fraction of sp³-hybridized carbons (Fsp3) is 0.828. The maximum Gasteiger partial charge on any atom is 0.136 e. The first-order chi connectivity index (χ1) is 32.7. The fourth-order valence-corrected chi connectivity index (χ4v) is 9.97. The van der Waals surface area contributed by atoms with Crippen molar-refractivity contribution in [3.05, 3.63) is 34.7 Å².